The van der Waals surface area contributed by atoms with Crippen LogP contribution in [0.25, 0.3) is 0 Å². The smallest absolute Gasteiger partial charge is 0.255 e. The molecule has 2 aromatic rings. The van der Waals surface area contributed by atoms with Crippen molar-refractivity contribution in [2.45, 2.75) is 31.3 Å². The molecule has 3 rings (SSSR count). The SMILES string of the molecule is CCOc1cc2c(cc1NC(=O)c1ccc(S(C)=O)cc1)OC(C)C2. The summed E-state index contributed by atoms with van der Waals surface area (Å²) in [5.41, 5.74) is 2.16. The molecule has 1 N–H and O–H groups in total. The Labute approximate surface area is 149 Å². The molecule has 0 bridgehead atoms. The van der Waals surface area contributed by atoms with Gasteiger partial charge in [0, 0.05) is 45.6 Å². The number of amides is 1. The second kappa shape index (κ2) is 7.27. The summed E-state index contributed by atoms with van der Waals surface area (Å²) in [4.78, 5) is 13.2. The van der Waals surface area contributed by atoms with Gasteiger partial charge >= 0.3 is 0 Å². The second-order valence-corrected chi connectivity index (χ2v) is 7.33. The van der Waals surface area contributed by atoms with E-state index >= 15 is 0 Å². The van der Waals surface area contributed by atoms with Crippen LogP contribution in [-0.4, -0.2) is 29.1 Å². The first kappa shape index (κ1) is 17.5. The predicted octanol–water partition coefficient (Wildman–Crippen LogP) is 3.40. The fourth-order valence-corrected chi connectivity index (χ4v) is 3.32. The molecule has 0 aromatic heterocycles. The first-order valence-corrected chi connectivity index (χ1v) is 9.75. The van der Waals surface area contributed by atoms with Crippen molar-refractivity contribution in [1.29, 1.82) is 0 Å². The van der Waals surface area contributed by atoms with E-state index < -0.39 is 10.8 Å². The molecule has 6 heteroatoms. The van der Waals surface area contributed by atoms with E-state index in [1.807, 2.05) is 26.0 Å². The molecule has 0 radical (unpaired) electrons. The number of anilines is 1. The maximum atomic E-state index is 12.5. The van der Waals surface area contributed by atoms with Gasteiger partial charge < -0.3 is 14.8 Å². The minimum atomic E-state index is -1.07. The number of carbonyl (C=O) groups is 1. The van der Waals surface area contributed by atoms with E-state index in [0.29, 0.717) is 28.5 Å². The second-order valence-electron chi connectivity index (χ2n) is 5.95. The third-order valence-corrected chi connectivity index (χ3v) is 4.93. The summed E-state index contributed by atoms with van der Waals surface area (Å²) in [6.07, 6.45) is 2.56. The number of ether oxygens (including phenoxy) is 2. The van der Waals surface area contributed by atoms with Crippen molar-refractivity contribution >= 4 is 22.4 Å². The lowest BCUT2D eigenvalue weighted by Crippen LogP contribution is -2.13. The Bertz CT molecular complexity index is 817. The van der Waals surface area contributed by atoms with Crippen molar-refractivity contribution in [3.63, 3.8) is 0 Å². The van der Waals surface area contributed by atoms with Gasteiger partial charge in [0.2, 0.25) is 0 Å². The summed E-state index contributed by atoms with van der Waals surface area (Å²) >= 11 is 0. The molecule has 2 atom stereocenters. The van der Waals surface area contributed by atoms with Crippen LogP contribution in [0.5, 0.6) is 11.5 Å². The van der Waals surface area contributed by atoms with Gasteiger partial charge in [-0.15, -0.1) is 0 Å². The number of nitrogens with one attached hydrogen (secondary N) is 1. The molecular weight excluding hydrogens is 338 g/mol. The zero-order chi connectivity index (χ0) is 18.0. The van der Waals surface area contributed by atoms with Crippen molar-refractivity contribution in [3.05, 3.63) is 47.5 Å². The van der Waals surface area contributed by atoms with Gasteiger partial charge in [0.25, 0.3) is 5.91 Å². The Balaban J connectivity index is 1.85. The average Bonchev–Trinajstić information content (AvgIpc) is 2.94. The topological polar surface area (TPSA) is 64.6 Å². The third-order valence-electron chi connectivity index (χ3n) is 3.99. The molecule has 2 unspecified atom stereocenters. The Kier molecular flexibility index (Phi) is 5.08. The maximum absolute atomic E-state index is 12.5. The molecule has 0 fully saturated rings. The highest BCUT2D eigenvalue weighted by Gasteiger charge is 2.22. The first-order chi connectivity index (χ1) is 12.0. The lowest BCUT2D eigenvalue weighted by atomic mass is 10.1. The van der Waals surface area contributed by atoms with Crippen molar-refractivity contribution < 1.29 is 18.5 Å². The van der Waals surface area contributed by atoms with Crippen molar-refractivity contribution in [1.82, 2.24) is 0 Å². The number of fused-ring (bicyclic) bond motifs is 1. The molecule has 2 aromatic carbocycles. The molecular formula is C19H21NO4S. The number of benzene rings is 2. The van der Waals surface area contributed by atoms with Crippen LogP contribution in [0.2, 0.25) is 0 Å². The van der Waals surface area contributed by atoms with Crippen molar-refractivity contribution in [2.24, 2.45) is 0 Å². The molecule has 5 nitrogen and oxygen atoms in total. The first-order valence-electron chi connectivity index (χ1n) is 8.19. The van der Waals surface area contributed by atoms with Gasteiger partial charge in [0.15, 0.2) is 0 Å². The van der Waals surface area contributed by atoms with Crippen LogP contribution in [0, 0.1) is 0 Å². The highest BCUT2D eigenvalue weighted by Crippen LogP contribution is 2.38. The Morgan fingerprint density at radius 1 is 1.32 bits per heavy atom. The number of carbonyl (C=O) groups excluding carboxylic acids is 1. The van der Waals surface area contributed by atoms with Gasteiger partial charge in [-0.05, 0) is 44.2 Å². The summed E-state index contributed by atoms with van der Waals surface area (Å²) in [7, 11) is -1.07. The molecule has 1 aliphatic heterocycles. The van der Waals surface area contributed by atoms with Crippen LogP contribution in [0.1, 0.15) is 29.8 Å². The minimum Gasteiger partial charge on any atom is -0.492 e. The van der Waals surface area contributed by atoms with E-state index in [2.05, 4.69) is 5.32 Å². The van der Waals surface area contributed by atoms with Gasteiger partial charge in [-0.1, -0.05) is 0 Å². The summed E-state index contributed by atoms with van der Waals surface area (Å²) in [6, 6.07) is 10.5. The van der Waals surface area contributed by atoms with Crippen LogP contribution in [0.15, 0.2) is 41.3 Å². The van der Waals surface area contributed by atoms with Crippen LogP contribution in [0.3, 0.4) is 0 Å². The van der Waals surface area contributed by atoms with Gasteiger partial charge in [-0.25, -0.2) is 0 Å². The summed E-state index contributed by atoms with van der Waals surface area (Å²) in [5, 5.41) is 2.89. The largest absolute Gasteiger partial charge is 0.492 e. The number of hydrogen-bond donors (Lipinski definition) is 1. The molecule has 132 valence electrons. The van der Waals surface area contributed by atoms with Crippen LogP contribution < -0.4 is 14.8 Å². The molecule has 1 aliphatic rings. The molecule has 0 spiro atoms. The normalized spacial score (nSPS) is 16.7. The fraction of sp³-hybridized carbons (Fsp3) is 0.316. The molecule has 25 heavy (non-hydrogen) atoms. The van der Waals surface area contributed by atoms with E-state index in [1.54, 1.807) is 30.5 Å². The van der Waals surface area contributed by atoms with Gasteiger partial charge in [0.1, 0.15) is 17.6 Å². The van der Waals surface area contributed by atoms with E-state index in [-0.39, 0.29) is 12.0 Å². The lowest BCUT2D eigenvalue weighted by Gasteiger charge is -2.13. The average molecular weight is 359 g/mol. The predicted molar refractivity (Wildman–Crippen MR) is 98.1 cm³/mol. The van der Waals surface area contributed by atoms with Gasteiger partial charge in [-0.3, -0.25) is 9.00 Å². The van der Waals surface area contributed by atoms with Gasteiger partial charge in [-0.2, -0.15) is 0 Å². The monoisotopic (exact) mass is 359 g/mol. The highest BCUT2D eigenvalue weighted by molar-refractivity contribution is 7.84. The standard InChI is InChI=1S/C19H21NO4S/c1-4-23-18-10-14-9-12(2)24-17(14)11-16(18)20-19(21)13-5-7-15(8-6-13)25(3)22/h5-8,10-12H,4,9H2,1-3H3,(H,20,21). The quantitative estimate of drug-likeness (QED) is 0.889. The van der Waals surface area contributed by atoms with E-state index in [0.717, 1.165) is 17.7 Å². The third kappa shape index (κ3) is 3.85. The van der Waals surface area contributed by atoms with E-state index in [9.17, 15) is 9.00 Å². The van der Waals surface area contributed by atoms with E-state index in [4.69, 9.17) is 9.47 Å². The zero-order valence-corrected chi connectivity index (χ0v) is 15.3. The summed E-state index contributed by atoms with van der Waals surface area (Å²) in [5.74, 6) is 1.17. The van der Waals surface area contributed by atoms with Crippen molar-refractivity contribution in [2.75, 3.05) is 18.2 Å². The molecule has 0 saturated carbocycles. The molecule has 1 heterocycles. The number of rotatable bonds is 5. The van der Waals surface area contributed by atoms with Crippen molar-refractivity contribution in [3.8, 4) is 11.5 Å². The van der Waals surface area contributed by atoms with Crippen LogP contribution >= 0.6 is 0 Å². The lowest BCUT2D eigenvalue weighted by molar-refractivity contribution is 0.102. The molecule has 0 saturated heterocycles. The Morgan fingerprint density at radius 3 is 2.68 bits per heavy atom. The van der Waals surface area contributed by atoms with Crippen LogP contribution in [0.4, 0.5) is 5.69 Å². The maximum Gasteiger partial charge on any atom is 0.255 e. The zero-order valence-electron chi connectivity index (χ0n) is 14.5. The minimum absolute atomic E-state index is 0.123. The van der Waals surface area contributed by atoms with Gasteiger partial charge in [0.05, 0.1) is 12.3 Å². The van der Waals surface area contributed by atoms with E-state index in [1.165, 1.54) is 0 Å². The summed E-state index contributed by atoms with van der Waals surface area (Å²) < 4.78 is 22.9. The fourth-order valence-electron chi connectivity index (χ4n) is 2.80. The van der Waals surface area contributed by atoms with Crippen LogP contribution in [-0.2, 0) is 17.2 Å². The summed E-state index contributed by atoms with van der Waals surface area (Å²) in [6.45, 7) is 4.43. The highest BCUT2D eigenvalue weighted by atomic mass is 32.2. The Hall–Kier alpha value is -2.34. The molecule has 0 aliphatic carbocycles. The molecule has 1 amide bonds. The number of hydrogen-bond acceptors (Lipinski definition) is 4. The Morgan fingerprint density at radius 2 is 2.04 bits per heavy atom.